The van der Waals surface area contributed by atoms with Crippen LogP contribution in [-0.4, -0.2) is 66.3 Å². The van der Waals surface area contributed by atoms with Crippen molar-refractivity contribution >= 4 is 5.91 Å². The second-order valence-corrected chi connectivity index (χ2v) is 9.18. The van der Waals surface area contributed by atoms with Crippen molar-refractivity contribution in [1.29, 1.82) is 0 Å². The number of rotatable bonds is 5. The fourth-order valence-electron chi connectivity index (χ4n) is 5.25. The fourth-order valence-corrected chi connectivity index (χ4v) is 5.25. The number of allylic oxidation sites excluding steroid dienone is 1. The molecular formula is C22H39N3O2. The summed E-state index contributed by atoms with van der Waals surface area (Å²) in [6, 6.07) is 0. The van der Waals surface area contributed by atoms with Gasteiger partial charge in [-0.1, -0.05) is 25.5 Å². The standard InChI is InChI=1S/C22H39N3O2/c1-16(2)20-13-18(17(3)12-19(20)15-26)14-22(27)25-10-8-24(9-11-25)21-6-4-5-7-23-21/h12,16,18-21,23,26H,4-11,13-15H2,1-3H3/t18-,19-,20-,21?/m0/s1. The van der Waals surface area contributed by atoms with Crippen molar-refractivity contribution in [3.05, 3.63) is 11.6 Å². The lowest BCUT2D eigenvalue weighted by molar-refractivity contribution is -0.134. The summed E-state index contributed by atoms with van der Waals surface area (Å²) in [4.78, 5) is 17.5. The van der Waals surface area contributed by atoms with Crippen LogP contribution >= 0.6 is 0 Å². The molecule has 1 unspecified atom stereocenters. The third-order valence-corrected chi connectivity index (χ3v) is 7.11. The zero-order chi connectivity index (χ0) is 19.4. The molecule has 2 heterocycles. The van der Waals surface area contributed by atoms with Gasteiger partial charge in [0.15, 0.2) is 0 Å². The molecule has 0 aromatic heterocycles. The predicted molar refractivity (Wildman–Crippen MR) is 109 cm³/mol. The van der Waals surface area contributed by atoms with Crippen LogP contribution in [0.1, 0.15) is 52.9 Å². The van der Waals surface area contributed by atoms with Crippen LogP contribution in [0.15, 0.2) is 11.6 Å². The number of hydrogen-bond donors (Lipinski definition) is 2. The van der Waals surface area contributed by atoms with E-state index < -0.39 is 0 Å². The molecule has 5 heteroatoms. The van der Waals surface area contributed by atoms with E-state index in [1.165, 1.54) is 24.8 Å². The van der Waals surface area contributed by atoms with E-state index in [1.807, 2.05) is 0 Å². The van der Waals surface area contributed by atoms with Gasteiger partial charge in [0.05, 0.1) is 6.17 Å². The predicted octanol–water partition coefficient (Wildman–Crippen LogP) is 2.47. The van der Waals surface area contributed by atoms with E-state index in [0.717, 1.165) is 39.1 Å². The van der Waals surface area contributed by atoms with Crippen LogP contribution < -0.4 is 5.32 Å². The molecule has 27 heavy (non-hydrogen) atoms. The Bertz CT molecular complexity index is 520. The molecule has 154 valence electrons. The summed E-state index contributed by atoms with van der Waals surface area (Å²) in [5.41, 5.74) is 1.30. The number of amides is 1. The largest absolute Gasteiger partial charge is 0.396 e. The van der Waals surface area contributed by atoms with E-state index in [4.69, 9.17) is 0 Å². The van der Waals surface area contributed by atoms with E-state index in [2.05, 4.69) is 42.0 Å². The molecule has 0 spiro atoms. The number of aliphatic hydroxyl groups excluding tert-OH is 1. The van der Waals surface area contributed by atoms with E-state index in [0.29, 0.717) is 36.2 Å². The Kier molecular flexibility index (Phi) is 7.35. The van der Waals surface area contributed by atoms with Crippen LogP contribution in [0.3, 0.4) is 0 Å². The Morgan fingerprint density at radius 3 is 2.59 bits per heavy atom. The highest BCUT2D eigenvalue weighted by molar-refractivity contribution is 5.77. The Hall–Kier alpha value is -0.910. The molecule has 0 bridgehead atoms. The minimum Gasteiger partial charge on any atom is -0.396 e. The molecule has 1 amide bonds. The quantitative estimate of drug-likeness (QED) is 0.723. The second kappa shape index (κ2) is 9.53. The summed E-state index contributed by atoms with van der Waals surface area (Å²) in [6.45, 7) is 11.7. The Morgan fingerprint density at radius 2 is 2.00 bits per heavy atom. The number of nitrogens with zero attached hydrogens (tertiary/aromatic N) is 2. The SMILES string of the molecule is CC1=C[C@@H](CO)[C@H](C(C)C)C[C@H]1CC(=O)N1CCN(C2CCCCN2)CC1. The highest BCUT2D eigenvalue weighted by atomic mass is 16.3. The molecule has 3 aliphatic rings. The first-order valence-electron chi connectivity index (χ1n) is 11.0. The van der Waals surface area contributed by atoms with Gasteiger partial charge < -0.3 is 15.3 Å². The van der Waals surface area contributed by atoms with E-state index in [9.17, 15) is 9.90 Å². The average Bonchev–Trinajstić information content (AvgIpc) is 2.69. The Balaban J connectivity index is 1.51. The molecular weight excluding hydrogens is 338 g/mol. The topological polar surface area (TPSA) is 55.8 Å². The maximum Gasteiger partial charge on any atom is 0.223 e. The van der Waals surface area contributed by atoms with Gasteiger partial charge in [-0.25, -0.2) is 0 Å². The smallest absolute Gasteiger partial charge is 0.223 e. The van der Waals surface area contributed by atoms with Crippen LogP contribution in [0, 0.1) is 23.7 Å². The molecule has 4 atom stereocenters. The normalized spacial score (nSPS) is 33.2. The van der Waals surface area contributed by atoms with Gasteiger partial charge in [-0.3, -0.25) is 9.69 Å². The molecule has 2 N–H and O–H groups in total. The van der Waals surface area contributed by atoms with Gasteiger partial charge in [-0.15, -0.1) is 0 Å². The van der Waals surface area contributed by atoms with Gasteiger partial charge in [0.1, 0.15) is 0 Å². The zero-order valence-electron chi connectivity index (χ0n) is 17.5. The van der Waals surface area contributed by atoms with Gasteiger partial charge >= 0.3 is 0 Å². The minimum atomic E-state index is 0.220. The highest BCUT2D eigenvalue weighted by Gasteiger charge is 2.34. The summed E-state index contributed by atoms with van der Waals surface area (Å²) < 4.78 is 0. The molecule has 1 aliphatic carbocycles. The highest BCUT2D eigenvalue weighted by Crippen LogP contribution is 2.39. The van der Waals surface area contributed by atoms with Crippen molar-refractivity contribution in [1.82, 2.24) is 15.1 Å². The van der Waals surface area contributed by atoms with Gasteiger partial charge in [0, 0.05) is 45.1 Å². The number of piperidine rings is 1. The molecule has 3 rings (SSSR count). The van der Waals surface area contributed by atoms with Crippen molar-refractivity contribution in [3.63, 3.8) is 0 Å². The number of carbonyl (C=O) groups is 1. The van der Waals surface area contributed by atoms with Crippen LogP contribution in [0.2, 0.25) is 0 Å². The summed E-state index contributed by atoms with van der Waals surface area (Å²) in [6.07, 6.45) is 8.25. The third kappa shape index (κ3) is 5.12. The zero-order valence-corrected chi connectivity index (χ0v) is 17.5. The maximum absolute atomic E-state index is 12.9. The number of piperazine rings is 1. The fraction of sp³-hybridized carbons (Fsp3) is 0.864. The monoisotopic (exact) mass is 377 g/mol. The van der Waals surface area contributed by atoms with E-state index >= 15 is 0 Å². The number of carbonyl (C=O) groups excluding carboxylic acids is 1. The summed E-state index contributed by atoms with van der Waals surface area (Å²) >= 11 is 0. The van der Waals surface area contributed by atoms with Gasteiger partial charge in [-0.2, -0.15) is 0 Å². The molecule has 2 fully saturated rings. The van der Waals surface area contributed by atoms with Crippen LogP contribution in [0.25, 0.3) is 0 Å². The van der Waals surface area contributed by atoms with Crippen LogP contribution in [0.5, 0.6) is 0 Å². The van der Waals surface area contributed by atoms with Crippen molar-refractivity contribution in [3.8, 4) is 0 Å². The molecule has 0 aromatic rings. The molecule has 0 saturated carbocycles. The van der Waals surface area contributed by atoms with Gasteiger partial charge in [0.25, 0.3) is 0 Å². The number of hydrogen-bond acceptors (Lipinski definition) is 4. The average molecular weight is 378 g/mol. The van der Waals surface area contributed by atoms with Gasteiger partial charge in [-0.05, 0) is 56.9 Å². The molecule has 5 nitrogen and oxygen atoms in total. The first-order valence-corrected chi connectivity index (χ1v) is 11.0. The Labute approximate surface area is 165 Å². The van der Waals surface area contributed by atoms with Crippen LogP contribution in [-0.2, 0) is 4.79 Å². The summed E-state index contributed by atoms with van der Waals surface area (Å²) in [5, 5.41) is 13.3. The second-order valence-electron chi connectivity index (χ2n) is 9.18. The molecule has 2 saturated heterocycles. The number of aliphatic hydroxyl groups is 1. The molecule has 0 radical (unpaired) electrons. The summed E-state index contributed by atoms with van der Waals surface area (Å²) in [5.74, 6) is 1.92. The first kappa shape index (κ1) is 20.8. The lowest BCUT2D eigenvalue weighted by Gasteiger charge is -2.42. The van der Waals surface area contributed by atoms with Crippen molar-refractivity contribution in [2.75, 3.05) is 39.3 Å². The van der Waals surface area contributed by atoms with E-state index in [1.54, 1.807) is 0 Å². The van der Waals surface area contributed by atoms with Crippen LogP contribution in [0.4, 0.5) is 0 Å². The van der Waals surface area contributed by atoms with Crippen molar-refractivity contribution < 1.29 is 9.90 Å². The first-order chi connectivity index (χ1) is 13.0. The van der Waals surface area contributed by atoms with Crippen molar-refractivity contribution in [2.45, 2.75) is 59.0 Å². The third-order valence-electron chi connectivity index (χ3n) is 7.11. The molecule has 0 aromatic carbocycles. The minimum absolute atomic E-state index is 0.220. The summed E-state index contributed by atoms with van der Waals surface area (Å²) in [7, 11) is 0. The lowest BCUT2D eigenvalue weighted by Crippen LogP contribution is -2.57. The van der Waals surface area contributed by atoms with E-state index in [-0.39, 0.29) is 12.5 Å². The lowest BCUT2D eigenvalue weighted by atomic mass is 9.70. The Morgan fingerprint density at radius 1 is 1.26 bits per heavy atom. The van der Waals surface area contributed by atoms with Crippen molar-refractivity contribution in [2.24, 2.45) is 23.7 Å². The number of nitrogens with one attached hydrogen (secondary N) is 1. The molecule has 2 aliphatic heterocycles. The maximum atomic E-state index is 12.9. The van der Waals surface area contributed by atoms with Gasteiger partial charge in [0.2, 0.25) is 5.91 Å².